The third-order valence-electron chi connectivity index (χ3n) is 5.24. The lowest BCUT2D eigenvalue weighted by molar-refractivity contribution is -0.385. The molecule has 0 aromatic heterocycles. The molecule has 1 amide bonds. The van der Waals surface area contributed by atoms with Crippen molar-refractivity contribution in [2.45, 2.75) is 12.3 Å². The van der Waals surface area contributed by atoms with Crippen molar-refractivity contribution in [2.75, 3.05) is 13.2 Å². The number of halogens is 1. The maximum Gasteiger partial charge on any atom is 0.407 e. The minimum atomic E-state index is -0.613. The van der Waals surface area contributed by atoms with Crippen LogP contribution >= 0.6 is 0 Å². The molecule has 160 valence electrons. The first-order chi connectivity index (χ1) is 15.5. The van der Waals surface area contributed by atoms with Crippen molar-refractivity contribution in [1.29, 1.82) is 0 Å². The van der Waals surface area contributed by atoms with E-state index in [4.69, 9.17) is 4.74 Å². The van der Waals surface area contributed by atoms with Gasteiger partial charge in [0.15, 0.2) is 0 Å². The van der Waals surface area contributed by atoms with E-state index in [0.29, 0.717) is 0 Å². The molecule has 0 spiro atoms. The van der Waals surface area contributed by atoms with E-state index in [1.807, 2.05) is 36.4 Å². The predicted molar refractivity (Wildman–Crippen MR) is 118 cm³/mol. The van der Waals surface area contributed by atoms with Gasteiger partial charge < -0.3 is 10.1 Å². The van der Waals surface area contributed by atoms with Gasteiger partial charge in [-0.15, -0.1) is 0 Å². The van der Waals surface area contributed by atoms with E-state index in [9.17, 15) is 19.3 Å². The molecule has 1 aliphatic rings. The third kappa shape index (κ3) is 4.44. The molecule has 4 rings (SSSR count). The van der Waals surface area contributed by atoms with Crippen molar-refractivity contribution in [3.05, 3.63) is 99.4 Å². The molecule has 32 heavy (non-hydrogen) atoms. The summed E-state index contributed by atoms with van der Waals surface area (Å²) in [6, 6.07) is 19.3. The molecular formula is C25H19FN2O4. The number of fused-ring (bicyclic) bond motifs is 3. The van der Waals surface area contributed by atoms with Crippen molar-refractivity contribution in [1.82, 2.24) is 5.32 Å². The number of nitrogens with one attached hydrogen (secondary N) is 1. The van der Waals surface area contributed by atoms with Crippen LogP contribution in [0.2, 0.25) is 0 Å². The number of ether oxygens (including phenoxy) is 1. The van der Waals surface area contributed by atoms with Crippen LogP contribution in [-0.2, 0) is 4.74 Å². The Morgan fingerprint density at radius 2 is 1.72 bits per heavy atom. The van der Waals surface area contributed by atoms with Crippen LogP contribution in [0.5, 0.6) is 0 Å². The Kier molecular flexibility index (Phi) is 6.13. The topological polar surface area (TPSA) is 81.5 Å². The zero-order chi connectivity index (χ0) is 22.5. The fourth-order valence-electron chi connectivity index (χ4n) is 3.80. The maximum atomic E-state index is 13.3. The first-order valence-corrected chi connectivity index (χ1v) is 10.1. The number of hydrogen-bond acceptors (Lipinski definition) is 4. The van der Waals surface area contributed by atoms with Gasteiger partial charge in [0.2, 0.25) is 0 Å². The summed E-state index contributed by atoms with van der Waals surface area (Å²) in [5, 5.41) is 13.6. The molecule has 7 heteroatoms. The number of carbonyl (C=O) groups excluding carboxylic acids is 1. The van der Waals surface area contributed by atoms with E-state index in [1.54, 1.807) is 0 Å². The minimum absolute atomic E-state index is 0.00357. The molecule has 0 aliphatic heterocycles. The quantitative estimate of drug-likeness (QED) is 0.267. The number of alkyl carbamates (subject to hydrolysis) is 1. The largest absolute Gasteiger partial charge is 0.449 e. The predicted octanol–water partition coefficient (Wildman–Crippen LogP) is 5.01. The molecule has 3 aromatic rings. The summed E-state index contributed by atoms with van der Waals surface area (Å²) in [5.74, 6) is 4.67. The molecule has 1 N–H and O–H groups in total. The Balaban J connectivity index is 1.31. The highest BCUT2D eigenvalue weighted by Crippen LogP contribution is 2.44. The maximum absolute atomic E-state index is 13.3. The number of benzene rings is 3. The molecule has 0 atom stereocenters. The van der Waals surface area contributed by atoms with Crippen LogP contribution in [0.15, 0.2) is 66.7 Å². The Morgan fingerprint density at radius 1 is 1.06 bits per heavy atom. The fourth-order valence-corrected chi connectivity index (χ4v) is 3.80. The van der Waals surface area contributed by atoms with Crippen LogP contribution in [0.4, 0.5) is 14.9 Å². The zero-order valence-corrected chi connectivity index (χ0v) is 17.0. The smallest absolute Gasteiger partial charge is 0.407 e. The molecule has 0 bridgehead atoms. The number of nitro groups is 1. The molecule has 0 saturated carbocycles. The first-order valence-electron chi connectivity index (χ1n) is 10.1. The van der Waals surface area contributed by atoms with E-state index in [0.717, 1.165) is 40.5 Å². The van der Waals surface area contributed by atoms with Gasteiger partial charge in [-0.1, -0.05) is 60.4 Å². The van der Waals surface area contributed by atoms with Gasteiger partial charge in [-0.2, -0.15) is 0 Å². The van der Waals surface area contributed by atoms with Crippen LogP contribution in [0, 0.1) is 27.8 Å². The van der Waals surface area contributed by atoms with Crippen LogP contribution < -0.4 is 5.32 Å². The number of nitrogens with zero attached hydrogens (tertiary/aromatic N) is 1. The van der Waals surface area contributed by atoms with Gasteiger partial charge in [0.1, 0.15) is 18.0 Å². The number of carbonyl (C=O) groups is 1. The third-order valence-corrected chi connectivity index (χ3v) is 5.24. The van der Waals surface area contributed by atoms with Crippen molar-refractivity contribution in [2.24, 2.45) is 0 Å². The fraction of sp³-hybridized carbons (Fsp3) is 0.160. The zero-order valence-electron chi connectivity index (χ0n) is 17.0. The van der Waals surface area contributed by atoms with E-state index in [-0.39, 0.29) is 36.7 Å². The highest BCUT2D eigenvalue weighted by atomic mass is 19.1. The average molecular weight is 430 g/mol. The lowest BCUT2D eigenvalue weighted by atomic mass is 9.98. The van der Waals surface area contributed by atoms with Gasteiger partial charge in [-0.3, -0.25) is 10.1 Å². The molecular weight excluding hydrogens is 411 g/mol. The summed E-state index contributed by atoms with van der Waals surface area (Å²) < 4.78 is 18.8. The lowest BCUT2D eigenvalue weighted by Gasteiger charge is -2.14. The summed E-state index contributed by atoms with van der Waals surface area (Å²) in [7, 11) is 0. The number of nitro benzene ring substituents is 1. The molecule has 1 aliphatic carbocycles. The summed E-state index contributed by atoms with van der Waals surface area (Å²) >= 11 is 0. The van der Waals surface area contributed by atoms with E-state index in [1.165, 1.54) is 0 Å². The van der Waals surface area contributed by atoms with Crippen molar-refractivity contribution < 1.29 is 18.8 Å². The second-order valence-electron chi connectivity index (χ2n) is 7.22. The van der Waals surface area contributed by atoms with Gasteiger partial charge in [0, 0.05) is 24.9 Å². The Bertz CT molecular complexity index is 1200. The molecule has 0 heterocycles. The van der Waals surface area contributed by atoms with Gasteiger partial charge >= 0.3 is 6.09 Å². The van der Waals surface area contributed by atoms with Crippen LogP contribution in [0.1, 0.15) is 29.0 Å². The number of hydrogen-bond donors (Lipinski definition) is 1. The molecule has 0 unspecified atom stereocenters. The monoisotopic (exact) mass is 430 g/mol. The van der Waals surface area contributed by atoms with Crippen molar-refractivity contribution in [3.8, 4) is 23.0 Å². The van der Waals surface area contributed by atoms with Gasteiger partial charge in [-0.25, -0.2) is 9.18 Å². The molecule has 6 nitrogen and oxygen atoms in total. The second kappa shape index (κ2) is 9.31. The van der Waals surface area contributed by atoms with E-state index < -0.39 is 16.8 Å². The molecule has 0 radical (unpaired) electrons. The lowest BCUT2D eigenvalue weighted by Crippen LogP contribution is -2.26. The first kappa shape index (κ1) is 21.1. The van der Waals surface area contributed by atoms with E-state index in [2.05, 4.69) is 29.3 Å². The minimum Gasteiger partial charge on any atom is -0.449 e. The Hall–Kier alpha value is -4.18. The standard InChI is InChI=1S/C25H19FN2O4/c26-18-12-13-24(28(30)31)17(15-18)7-5-6-14-27-25(29)32-16-23-21-10-3-1-8-19(21)20-9-2-4-11-22(20)23/h1-4,8-13,15,23H,6,14,16H2,(H,27,29). The molecule has 0 fully saturated rings. The van der Waals surface area contributed by atoms with Crippen LogP contribution in [-0.4, -0.2) is 24.2 Å². The normalized spacial score (nSPS) is 11.7. The average Bonchev–Trinajstić information content (AvgIpc) is 3.11. The summed E-state index contributed by atoms with van der Waals surface area (Å²) in [6.45, 7) is 0.411. The van der Waals surface area contributed by atoms with Gasteiger partial charge in [-0.05, 0) is 34.4 Å². The van der Waals surface area contributed by atoms with Crippen molar-refractivity contribution in [3.63, 3.8) is 0 Å². The highest BCUT2D eigenvalue weighted by Gasteiger charge is 2.28. The summed E-state index contributed by atoms with van der Waals surface area (Å²) in [4.78, 5) is 22.5. The molecule has 3 aromatic carbocycles. The van der Waals surface area contributed by atoms with Crippen LogP contribution in [0.3, 0.4) is 0 Å². The van der Waals surface area contributed by atoms with Crippen LogP contribution in [0.25, 0.3) is 11.1 Å². The summed E-state index contributed by atoms with van der Waals surface area (Å²) in [5.41, 5.74) is 4.30. The summed E-state index contributed by atoms with van der Waals surface area (Å²) in [6.07, 6.45) is -0.330. The SMILES string of the molecule is O=C(NCCC#Cc1cc(F)ccc1[N+](=O)[O-])OCC1c2ccccc2-c2ccccc21. The van der Waals surface area contributed by atoms with E-state index >= 15 is 0 Å². The molecule has 0 saturated heterocycles. The Labute approximate surface area is 184 Å². The van der Waals surface area contributed by atoms with Gasteiger partial charge in [0.25, 0.3) is 5.69 Å². The van der Waals surface area contributed by atoms with Gasteiger partial charge in [0.05, 0.1) is 4.92 Å². The Morgan fingerprint density at radius 3 is 2.38 bits per heavy atom. The number of amides is 1. The second-order valence-corrected chi connectivity index (χ2v) is 7.22. The van der Waals surface area contributed by atoms with Crippen molar-refractivity contribution >= 4 is 11.8 Å². The number of rotatable bonds is 5. The highest BCUT2D eigenvalue weighted by molar-refractivity contribution is 5.79.